The smallest absolute Gasteiger partial charge is 0.371 e. The molecule has 1 amide bonds. The number of thioether (sulfide) groups is 1. The first-order valence-corrected chi connectivity index (χ1v) is 7.51. The Labute approximate surface area is 126 Å². The van der Waals surface area contributed by atoms with Crippen LogP contribution in [0.25, 0.3) is 0 Å². The third kappa shape index (κ3) is 5.00. The van der Waals surface area contributed by atoms with Gasteiger partial charge >= 0.3 is 5.97 Å². The molecule has 0 radical (unpaired) electrons. The van der Waals surface area contributed by atoms with Gasteiger partial charge in [0, 0.05) is 6.54 Å². The molecule has 0 aliphatic rings. The summed E-state index contributed by atoms with van der Waals surface area (Å²) in [5.74, 6) is 0.0789. The lowest BCUT2D eigenvalue weighted by Crippen LogP contribution is -2.24. The van der Waals surface area contributed by atoms with Gasteiger partial charge in [0.05, 0.1) is 11.5 Å². The summed E-state index contributed by atoms with van der Waals surface area (Å²) in [7, 11) is 0. The number of hydrogen-bond donors (Lipinski definition) is 2. The number of furan rings is 1. The van der Waals surface area contributed by atoms with Gasteiger partial charge < -0.3 is 14.8 Å². The van der Waals surface area contributed by atoms with Crippen molar-refractivity contribution in [3.8, 4) is 0 Å². The van der Waals surface area contributed by atoms with Crippen molar-refractivity contribution in [2.45, 2.75) is 12.3 Å². The quantitative estimate of drug-likeness (QED) is 0.821. The molecule has 0 fully saturated rings. The number of aromatic carboxylic acids is 1. The molecular weight excluding hydrogens is 290 g/mol. The monoisotopic (exact) mass is 305 g/mol. The van der Waals surface area contributed by atoms with E-state index < -0.39 is 5.97 Å². The van der Waals surface area contributed by atoms with Crippen molar-refractivity contribution in [2.75, 3.05) is 5.75 Å². The Balaban J connectivity index is 1.68. The molecule has 0 aliphatic heterocycles. The van der Waals surface area contributed by atoms with Crippen LogP contribution < -0.4 is 5.32 Å². The molecule has 0 unspecified atom stereocenters. The molecule has 2 N–H and O–H groups in total. The van der Waals surface area contributed by atoms with Crippen LogP contribution in [0.2, 0.25) is 0 Å². The summed E-state index contributed by atoms with van der Waals surface area (Å²) in [4.78, 5) is 22.3. The highest BCUT2D eigenvalue weighted by molar-refractivity contribution is 7.99. The van der Waals surface area contributed by atoms with Gasteiger partial charge in [0.15, 0.2) is 0 Å². The number of carbonyl (C=O) groups excluding carboxylic acids is 1. The zero-order valence-electron chi connectivity index (χ0n) is 11.2. The molecule has 0 atom stereocenters. The number of rotatable bonds is 7. The van der Waals surface area contributed by atoms with Crippen molar-refractivity contribution >= 4 is 23.6 Å². The first kappa shape index (κ1) is 15.2. The lowest BCUT2D eigenvalue weighted by atomic mass is 10.2. The SMILES string of the molecule is O=C(CSCc1ccc(C(=O)O)o1)NCc1ccccc1. The van der Waals surface area contributed by atoms with E-state index in [0.29, 0.717) is 23.8 Å². The van der Waals surface area contributed by atoms with E-state index in [1.54, 1.807) is 6.07 Å². The van der Waals surface area contributed by atoms with Crippen molar-refractivity contribution in [3.05, 3.63) is 59.5 Å². The largest absolute Gasteiger partial charge is 0.475 e. The van der Waals surface area contributed by atoms with Crippen molar-refractivity contribution < 1.29 is 19.1 Å². The van der Waals surface area contributed by atoms with Crippen LogP contribution in [0.1, 0.15) is 21.9 Å². The fraction of sp³-hybridized carbons (Fsp3) is 0.200. The summed E-state index contributed by atoms with van der Waals surface area (Å²) in [6.07, 6.45) is 0. The topological polar surface area (TPSA) is 79.5 Å². The molecule has 1 aromatic carbocycles. The summed E-state index contributed by atoms with van der Waals surface area (Å²) in [6.45, 7) is 0.504. The van der Waals surface area contributed by atoms with Gasteiger partial charge in [-0.05, 0) is 17.7 Å². The first-order chi connectivity index (χ1) is 10.1. The number of benzene rings is 1. The zero-order valence-corrected chi connectivity index (χ0v) is 12.1. The second-order valence-corrected chi connectivity index (χ2v) is 5.31. The van der Waals surface area contributed by atoms with Crippen molar-refractivity contribution in [3.63, 3.8) is 0 Å². The second kappa shape index (κ2) is 7.54. The van der Waals surface area contributed by atoms with Crippen molar-refractivity contribution in [1.29, 1.82) is 0 Å². The average molecular weight is 305 g/mol. The molecule has 5 nitrogen and oxygen atoms in total. The van der Waals surface area contributed by atoms with Gasteiger partial charge in [-0.1, -0.05) is 30.3 Å². The van der Waals surface area contributed by atoms with Gasteiger partial charge in [-0.25, -0.2) is 4.79 Å². The van der Waals surface area contributed by atoms with E-state index in [1.807, 2.05) is 30.3 Å². The average Bonchev–Trinajstić information content (AvgIpc) is 2.95. The molecule has 2 aromatic rings. The van der Waals surface area contributed by atoms with E-state index in [-0.39, 0.29) is 11.7 Å². The van der Waals surface area contributed by atoms with Gasteiger partial charge in [0.2, 0.25) is 11.7 Å². The number of hydrogen-bond acceptors (Lipinski definition) is 4. The Morgan fingerprint density at radius 2 is 1.90 bits per heavy atom. The molecule has 0 aliphatic carbocycles. The van der Waals surface area contributed by atoms with Crippen LogP contribution in [0.4, 0.5) is 0 Å². The van der Waals surface area contributed by atoms with E-state index in [0.717, 1.165) is 5.56 Å². The Morgan fingerprint density at radius 3 is 2.57 bits per heavy atom. The molecule has 0 saturated heterocycles. The minimum absolute atomic E-state index is 0.0612. The van der Waals surface area contributed by atoms with E-state index in [2.05, 4.69) is 5.32 Å². The predicted octanol–water partition coefficient (Wildman–Crippen LogP) is 2.53. The summed E-state index contributed by atoms with van der Waals surface area (Å²) < 4.78 is 5.10. The highest BCUT2D eigenvalue weighted by atomic mass is 32.2. The van der Waals surface area contributed by atoms with Crippen LogP contribution in [-0.4, -0.2) is 22.7 Å². The van der Waals surface area contributed by atoms with Crippen LogP contribution in [0.15, 0.2) is 46.9 Å². The van der Waals surface area contributed by atoms with Crippen LogP contribution >= 0.6 is 11.8 Å². The number of carbonyl (C=O) groups is 2. The number of amides is 1. The Kier molecular flexibility index (Phi) is 5.45. The standard InChI is InChI=1S/C15H15NO4S/c17-14(16-8-11-4-2-1-3-5-11)10-21-9-12-6-7-13(20-12)15(18)19/h1-7H,8-10H2,(H,16,17)(H,18,19). The normalized spacial score (nSPS) is 10.3. The maximum absolute atomic E-state index is 11.7. The highest BCUT2D eigenvalue weighted by Gasteiger charge is 2.09. The Bertz CT molecular complexity index is 609. The van der Waals surface area contributed by atoms with Crippen LogP contribution in [-0.2, 0) is 17.1 Å². The zero-order chi connectivity index (χ0) is 15.1. The molecule has 110 valence electrons. The maximum Gasteiger partial charge on any atom is 0.371 e. The Hall–Kier alpha value is -2.21. The summed E-state index contributed by atoms with van der Waals surface area (Å²) in [6, 6.07) is 12.7. The predicted molar refractivity (Wildman–Crippen MR) is 80.1 cm³/mol. The highest BCUT2D eigenvalue weighted by Crippen LogP contribution is 2.15. The van der Waals surface area contributed by atoms with E-state index >= 15 is 0 Å². The van der Waals surface area contributed by atoms with Gasteiger partial charge in [-0.3, -0.25) is 4.79 Å². The molecule has 0 saturated carbocycles. The lowest BCUT2D eigenvalue weighted by Gasteiger charge is -2.04. The molecule has 2 rings (SSSR count). The molecule has 1 heterocycles. The molecule has 1 aromatic heterocycles. The maximum atomic E-state index is 11.7. The van der Waals surface area contributed by atoms with E-state index in [9.17, 15) is 9.59 Å². The molecule has 0 spiro atoms. The minimum Gasteiger partial charge on any atom is -0.475 e. The third-order valence-electron chi connectivity index (χ3n) is 2.68. The van der Waals surface area contributed by atoms with Gasteiger partial charge in [0.1, 0.15) is 5.76 Å². The van der Waals surface area contributed by atoms with Crippen molar-refractivity contribution in [1.82, 2.24) is 5.32 Å². The second-order valence-electron chi connectivity index (χ2n) is 4.33. The summed E-state index contributed by atoms with van der Waals surface area (Å²) in [5, 5.41) is 11.5. The fourth-order valence-electron chi connectivity index (χ4n) is 1.66. The van der Waals surface area contributed by atoms with Gasteiger partial charge in [-0.2, -0.15) is 0 Å². The van der Waals surface area contributed by atoms with E-state index in [1.165, 1.54) is 17.8 Å². The lowest BCUT2D eigenvalue weighted by molar-refractivity contribution is -0.118. The first-order valence-electron chi connectivity index (χ1n) is 6.35. The van der Waals surface area contributed by atoms with Crippen molar-refractivity contribution in [2.24, 2.45) is 0 Å². The number of nitrogens with one attached hydrogen (secondary N) is 1. The summed E-state index contributed by atoms with van der Waals surface area (Å²) in [5.41, 5.74) is 1.05. The fourth-order valence-corrected chi connectivity index (χ4v) is 2.41. The van der Waals surface area contributed by atoms with Gasteiger partial charge in [-0.15, -0.1) is 11.8 Å². The number of carboxylic acid groups (broad SMARTS) is 1. The molecule has 0 bridgehead atoms. The Morgan fingerprint density at radius 1 is 1.14 bits per heavy atom. The van der Waals surface area contributed by atoms with Crippen LogP contribution in [0.3, 0.4) is 0 Å². The minimum atomic E-state index is -1.09. The summed E-state index contributed by atoms with van der Waals surface area (Å²) >= 11 is 1.38. The van der Waals surface area contributed by atoms with Crippen LogP contribution in [0, 0.1) is 0 Å². The molecular formula is C15H15NO4S. The van der Waals surface area contributed by atoms with E-state index in [4.69, 9.17) is 9.52 Å². The van der Waals surface area contributed by atoms with Gasteiger partial charge in [0.25, 0.3) is 0 Å². The third-order valence-corrected chi connectivity index (χ3v) is 3.64. The number of carboxylic acids is 1. The van der Waals surface area contributed by atoms with Crippen LogP contribution in [0.5, 0.6) is 0 Å². The molecule has 21 heavy (non-hydrogen) atoms. The molecule has 6 heteroatoms.